The molecule has 0 radical (unpaired) electrons. The normalized spacial score (nSPS) is 24.1. The van der Waals surface area contributed by atoms with Crippen molar-refractivity contribution in [2.75, 3.05) is 0 Å². The van der Waals surface area contributed by atoms with Crippen LogP contribution in [0.3, 0.4) is 0 Å². The summed E-state index contributed by atoms with van der Waals surface area (Å²) >= 11 is 0. The predicted molar refractivity (Wildman–Crippen MR) is 250 cm³/mol. The molecule has 7 aromatic carbocycles. The van der Waals surface area contributed by atoms with Crippen LogP contribution >= 0.6 is 0 Å². The van der Waals surface area contributed by atoms with Gasteiger partial charge in [0.25, 0.3) is 0 Å². The molecule has 4 bridgehead atoms. The SMILES string of the molecule is Fc1ccc2c(c1)c1cc(-c3ccc4c(c3)c3ccccc3n4-c3ccccc3)ccc1n2-c1cc(C2CCCCC2)c2c(c1)C1(c3ccccc3-2)C2CC3CC(C2)CC1C3. The molecule has 0 unspecified atom stereocenters. The number of hydrogen-bond acceptors (Lipinski definition) is 0. The van der Waals surface area contributed by atoms with Gasteiger partial charge in [-0.15, -0.1) is 0 Å². The van der Waals surface area contributed by atoms with E-state index in [4.69, 9.17) is 0 Å². The molecule has 6 aliphatic rings. The maximum Gasteiger partial charge on any atom is 0.123 e. The summed E-state index contributed by atoms with van der Waals surface area (Å²) in [6.45, 7) is 0. The van der Waals surface area contributed by atoms with Gasteiger partial charge in [-0.25, -0.2) is 4.39 Å². The number of rotatable bonds is 4. The molecule has 15 rings (SSSR count). The van der Waals surface area contributed by atoms with Gasteiger partial charge in [0.1, 0.15) is 5.82 Å². The Labute approximate surface area is 356 Å². The molecule has 0 N–H and O–H groups in total. The molecule has 61 heavy (non-hydrogen) atoms. The van der Waals surface area contributed by atoms with Crippen LogP contribution in [0.15, 0.2) is 146 Å². The lowest BCUT2D eigenvalue weighted by Crippen LogP contribution is -2.55. The topological polar surface area (TPSA) is 9.86 Å². The summed E-state index contributed by atoms with van der Waals surface area (Å²) in [5.74, 6) is 3.57. The lowest BCUT2D eigenvalue weighted by Gasteiger charge is -2.61. The van der Waals surface area contributed by atoms with Crippen molar-refractivity contribution in [3.05, 3.63) is 168 Å². The van der Waals surface area contributed by atoms with Crippen LogP contribution in [0.4, 0.5) is 4.39 Å². The lowest BCUT2D eigenvalue weighted by atomic mass is 9.43. The summed E-state index contributed by atoms with van der Waals surface area (Å²) in [7, 11) is 0. The highest BCUT2D eigenvalue weighted by atomic mass is 19.1. The van der Waals surface area contributed by atoms with E-state index in [9.17, 15) is 0 Å². The highest BCUT2D eigenvalue weighted by Gasteiger charge is 2.62. The quantitative estimate of drug-likeness (QED) is 0.168. The first-order valence-corrected chi connectivity index (χ1v) is 23.2. The molecule has 0 saturated heterocycles. The van der Waals surface area contributed by atoms with Gasteiger partial charge >= 0.3 is 0 Å². The zero-order valence-corrected chi connectivity index (χ0v) is 34.6. The van der Waals surface area contributed by atoms with Crippen molar-refractivity contribution in [3.63, 3.8) is 0 Å². The van der Waals surface area contributed by atoms with E-state index in [1.54, 1.807) is 34.4 Å². The Bertz CT molecular complexity index is 3240. The van der Waals surface area contributed by atoms with Crippen LogP contribution in [0.5, 0.6) is 0 Å². The number of nitrogens with zero attached hydrogens (tertiary/aromatic N) is 2. The maximum atomic E-state index is 15.5. The number of benzene rings is 7. The van der Waals surface area contributed by atoms with Gasteiger partial charge in [0.05, 0.1) is 22.1 Å². The summed E-state index contributed by atoms with van der Waals surface area (Å²) in [5, 5.41) is 4.56. The number of fused-ring (bicyclic) bond motifs is 9. The van der Waals surface area contributed by atoms with Gasteiger partial charge in [-0.05, 0) is 186 Å². The number of aromatic nitrogens is 2. The van der Waals surface area contributed by atoms with Crippen molar-refractivity contribution in [2.45, 2.75) is 75.5 Å². The zero-order valence-electron chi connectivity index (χ0n) is 34.6. The average Bonchev–Trinajstić information content (AvgIpc) is 3.91. The van der Waals surface area contributed by atoms with Crippen molar-refractivity contribution in [2.24, 2.45) is 23.7 Å². The molecular formula is C58H49FN2. The Morgan fingerprint density at radius 2 is 1.05 bits per heavy atom. The minimum absolute atomic E-state index is 0.0824. The van der Waals surface area contributed by atoms with E-state index in [0.717, 1.165) is 44.9 Å². The molecule has 2 nitrogen and oxygen atoms in total. The predicted octanol–water partition coefficient (Wildman–Crippen LogP) is 15.5. The molecule has 2 heterocycles. The van der Waals surface area contributed by atoms with Crippen LogP contribution in [-0.2, 0) is 5.41 Å². The second-order valence-corrected chi connectivity index (χ2v) is 19.7. The number of para-hydroxylation sites is 2. The molecule has 0 aliphatic heterocycles. The summed E-state index contributed by atoms with van der Waals surface area (Å²) in [6.07, 6.45) is 13.4. The van der Waals surface area contributed by atoms with Crippen molar-refractivity contribution in [3.8, 4) is 33.6 Å². The van der Waals surface area contributed by atoms with Crippen molar-refractivity contribution in [1.82, 2.24) is 9.13 Å². The molecule has 3 heteroatoms. The van der Waals surface area contributed by atoms with Crippen LogP contribution in [0.1, 0.15) is 86.8 Å². The molecule has 9 aromatic rings. The fourth-order valence-electron chi connectivity index (χ4n) is 14.6. The summed E-state index contributed by atoms with van der Waals surface area (Å²) in [5.41, 5.74) is 17.4. The van der Waals surface area contributed by atoms with Gasteiger partial charge in [-0.2, -0.15) is 0 Å². The van der Waals surface area contributed by atoms with Crippen molar-refractivity contribution < 1.29 is 4.39 Å². The molecule has 1 spiro atoms. The Morgan fingerprint density at radius 3 is 1.79 bits per heavy atom. The summed E-state index contributed by atoms with van der Waals surface area (Å²) < 4.78 is 20.4. The number of halogens is 1. The third kappa shape index (κ3) is 4.78. The summed E-state index contributed by atoms with van der Waals surface area (Å²) in [4.78, 5) is 0. The molecule has 6 aliphatic carbocycles. The molecule has 5 fully saturated rings. The van der Waals surface area contributed by atoms with Gasteiger partial charge in [0.15, 0.2) is 0 Å². The third-order valence-corrected chi connectivity index (χ3v) is 16.7. The molecule has 0 atom stereocenters. The van der Waals surface area contributed by atoms with Gasteiger partial charge in [0.2, 0.25) is 0 Å². The van der Waals surface area contributed by atoms with Crippen LogP contribution in [-0.4, -0.2) is 9.13 Å². The van der Waals surface area contributed by atoms with Crippen LogP contribution in [0.2, 0.25) is 0 Å². The second-order valence-electron chi connectivity index (χ2n) is 19.7. The summed E-state index contributed by atoms with van der Waals surface area (Å²) in [6, 6.07) is 53.6. The van der Waals surface area contributed by atoms with Crippen molar-refractivity contribution in [1.29, 1.82) is 0 Å². The number of hydrogen-bond donors (Lipinski definition) is 0. The molecule has 0 amide bonds. The standard InChI is InChI=1S/C58H49FN2/c59-42-21-24-56-50(32-42)49-31-39(38-19-22-54-48(30-38)45-15-8-10-18-53(45)60(54)43-13-5-2-6-14-43)20-23-55(49)61(56)44-33-47(37-11-3-1-4-12-37)57-46-16-7-9-17-51(46)58(52(57)34-44)40-26-35-25-36(28-40)29-41(58)27-35/h2,5-10,13-24,30-37,40-41H,1,3-4,11-12,25-29H2. The van der Waals surface area contributed by atoms with Gasteiger partial charge < -0.3 is 9.13 Å². The van der Waals surface area contributed by atoms with Gasteiger partial charge in [0, 0.05) is 38.3 Å². The molecule has 2 aromatic heterocycles. The van der Waals surface area contributed by atoms with Gasteiger partial charge in [-0.3, -0.25) is 0 Å². The fraction of sp³-hybridized carbons (Fsp3) is 0.276. The van der Waals surface area contributed by atoms with E-state index in [1.165, 1.54) is 103 Å². The Morgan fingerprint density at radius 1 is 0.459 bits per heavy atom. The third-order valence-electron chi connectivity index (χ3n) is 16.7. The Balaban J connectivity index is 0.990. The fourth-order valence-corrected chi connectivity index (χ4v) is 14.6. The minimum atomic E-state index is -0.188. The van der Waals surface area contributed by atoms with Gasteiger partial charge in [-0.1, -0.05) is 92.1 Å². The second kappa shape index (κ2) is 12.8. The Kier molecular flexibility index (Phi) is 7.29. The van der Waals surface area contributed by atoms with E-state index >= 15 is 4.39 Å². The first kappa shape index (κ1) is 34.7. The lowest BCUT2D eigenvalue weighted by molar-refractivity contribution is -0.0399. The molecule has 298 valence electrons. The smallest absolute Gasteiger partial charge is 0.123 e. The van der Waals surface area contributed by atoms with E-state index in [-0.39, 0.29) is 11.2 Å². The van der Waals surface area contributed by atoms with E-state index in [0.29, 0.717) is 17.8 Å². The largest absolute Gasteiger partial charge is 0.309 e. The molecular weight excluding hydrogens is 744 g/mol. The highest BCUT2D eigenvalue weighted by molar-refractivity contribution is 6.13. The van der Waals surface area contributed by atoms with E-state index in [1.807, 2.05) is 6.07 Å². The average molecular weight is 793 g/mol. The Hall–Kier alpha value is -5.93. The van der Waals surface area contributed by atoms with Crippen LogP contribution in [0.25, 0.3) is 77.2 Å². The first-order valence-electron chi connectivity index (χ1n) is 23.2. The van der Waals surface area contributed by atoms with E-state index < -0.39 is 0 Å². The van der Waals surface area contributed by atoms with Crippen molar-refractivity contribution >= 4 is 43.6 Å². The first-order chi connectivity index (χ1) is 30.1. The molecule has 5 saturated carbocycles. The van der Waals surface area contributed by atoms with Crippen LogP contribution < -0.4 is 0 Å². The zero-order chi connectivity index (χ0) is 40.0. The van der Waals surface area contributed by atoms with Crippen LogP contribution in [0, 0.1) is 29.5 Å². The maximum absolute atomic E-state index is 15.5. The monoisotopic (exact) mass is 792 g/mol. The van der Waals surface area contributed by atoms with E-state index in [2.05, 4.69) is 137 Å². The minimum Gasteiger partial charge on any atom is -0.309 e. The highest BCUT2D eigenvalue weighted by Crippen LogP contribution is 2.70.